The van der Waals surface area contributed by atoms with Crippen LogP contribution < -0.4 is 0 Å². The lowest BCUT2D eigenvalue weighted by Crippen LogP contribution is -2.30. The minimum absolute atomic E-state index is 0.102. The van der Waals surface area contributed by atoms with Crippen LogP contribution in [0.5, 0.6) is 0 Å². The molecule has 0 heterocycles. The van der Waals surface area contributed by atoms with Gasteiger partial charge in [-0.15, -0.1) is 0 Å². The number of hydrogen-bond donors (Lipinski definition) is 3. The van der Waals surface area contributed by atoms with Crippen molar-refractivity contribution in [3.63, 3.8) is 0 Å². The zero-order chi connectivity index (χ0) is 72.4. The van der Waals surface area contributed by atoms with Gasteiger partial charge in [0.25, 0.3) is 0 Å². The van der Waals surface area contributed by atoms with Crippen molar-refractivity contribution in [2.45, 2.75) is 420 Å². The summed E-state index contributed by atoms with van der Waals surface area (Å²) in [5.74, 6) is 0.941. The van der Waals surface area contributed by atoms with Crippen molar-refractivity contribution >= 4 is 39.5 Å². The summed E-state index contributed by atoms with van der Waals surface area (Å²) < 4.78 is 68.6. The highest BCUT2D eigenvalue weighted by Crippen LogP contribution is 2.45. The van der Waals surface area contributed by atoms with Crippen LogP contribution in [-0.2, 0) is 65.4 Å². The molecule has 0 amide bonds. The minimum atomic E-state index is -4.96. The molecular formula is C79H154O17P2. The maximum atomic E-state index is 13.1. The van der Waals surface area contributed by atoms with Gasteiger partial charge in [-0.2, -0.15) is 0 Å². The highest BCUT2D eigenvalue weighted by atomic mass is 31.2. The molecule has 0 aliphatic carbocycles. The molecule has 0 aromatic heterocycles. The Morgan fingerprint density at radius 3 is 0.724 bits per heavy atom. The molecule has 0 saturated carbocycles. The fraction of sp³-hybridized carbons (Fsp3) is 0.949. The van der Waals surface area contributed by atoms with Crippen molar-refractivity contribution in [3.8, 4) is 0 Å². The first-order chi connectivity index (χ1) is 47.1. The van der Waals surface area contributed by atoms with Gasteiger partial charge in [-0.1, -0.05) is 351 Å². The molecule has 0 aromatic carbocycles. The maximum absolute atomic E-state index is 13.1. The number of carbonyl (C=O) groups is 4. The average molecular weight is 1440 g/mol. The van der Waals surface area contributed by atoms with E-state index in [0.717, 1.165) is 114 Å². The first kappa shape index (κ1) is 96.1. The highest BCUT2D eigenvalue weighted by molar-refractivity contribution is 7.47. The Kier molecular flexibility index (Phi) is 66.8. The van der Waals surface area contributed by atoms with Gasteiger partial charge in [0, 0.05) is 25.7 Å². The molecule has 6 atom stereocenters. The Morgan fingerprint density at radius 1 is 0.286 bits per heavy atom. The number of hydrogen-bond acceptors (Lipinski definition) is 15. The van der Waals surface area contributed by atoms with Crippen LogP contribution in [0.4, 0.5) is 0 Å². The van der Waals surface area contributed by atoms with E-state index >= 15 is 0 Å². The fourth-order valence-corrected chi connectivity index (χ4v) is 13.6. The molecule has 0 rings (SSSR count). The zero-order valence-corrected chi connectivity index (χ0v) is 66.2. The Balaban J connectivity index is 5.22. The third-order valence-electron chi connectivity index (χ3n) is 18.7. The molecule has 0 aliphatic heterocycles. The van der Waals surface area contributed by atoms with Gasteiger partial charge in [-0.05, 0) is 49.4 Å². The van der Waals surface area contributed by atoms with E-state index < -0.39 is 97.5 Å². The van der Waals surface area contributed by atoms with Crippen LogP contribution in [0.3, 0.4) is 0 Å². The molecule has 3 N–H and O–H groups in total. The smallest absolute Gasteiger partial charge is 0.462 e. The molecule has 0 radical (unpaired) electrons. The normalized spacial score (nSPS) is 14.3. The van der Waals surface area contributed by atoms with E-state index in [1.54, 1.807) is 0 Å². The molecule has 19 heteroatoms. The predicted molar refractivity (Wildman–Crippen MR) is 400 cm³/mol. The molecule has 0 bridgehead atoms. The van der Waals surface area contributed by atoms with Gasteiger partial charge in [-0.25, -0.2) is 9.13 Å². The quantitative estimate of drug-likeness (QED) is 0.0222. The van der Waals surface area contributed by atoms with Gasteiger partial charge in [0.15, 0.2) is 12.2 Å². The number of rotatable bonds is 76. The number of aliphatic hydroxyl groups excluding tert-OH is 1. The van der Waals surface area contributed by atoms with Crippen molar-refractivity contribution in [3.05, 3.63) is 0 Å². The van der Waals surface area contributed by atoms with Crippen LogP contribution >= 0.6 is 15.6 Å². The molecule has 0 saturated heterocycles. The SMILES string of the molecule is CCC(C)CCCCCCCCC(=O)O[C@H](COC(=O)CCCCCCCCCCC(C)C)COP(=O)(O)OCC(O)COP(=O)(O)OC[C@@H](COC(=O)CCCCCCCCCCCCCCCCCCC(C)C)OC(=O)CCCCCCCCCCCCCCCCCC(C)C. The lowest BCUT2D eigenvalue weighted by Gasteiger charge is -2.21. The molecule has 0 fully saturated rings. The van der Waals surface area contributed by atoms with E-state index in [1.165, 1.54) is 205 Å². The lowest BCUT2D eigenvalue weighted by atomic mass is 10.00. The van der Waals surface area contributed by atoms with Crippen LogP contribution in [0.25, 0.3) is 0 Å². The zero-order valence-electron chi connectivity index (χ0n) is 64.4. The van der Waals surface area contributed by atoms with Gasteiger partial charge in [0.2, 0.25) is 0 Å². The summed E-state index contributed by atoms with van der Waals surface area (Å²) in [5.41, 5.74) is 0. The van der Waals surface area contributed by atoms with Gasteiger partial charge in [0.05, 0.1) is 26.4 Å². The second-order valence-electron chi connectivity index (χ2n) is 30.1. The van der Waals surface area contributed by atoms with Crippen molar-refractivity contribution < 1.29 is 80.2 Å². The van der Waals surface area contributed by atoms with Crippen molar-refractivity contribution in [2.24, 2.45) is 23.7 Å². The molecule has 0 aliphatic rings. The van der Waals surface area contributed by atoms with Gasteiger partial charge in [-0.3, -0.25) is 37.3 Å². The minimum Gasteiger partial charge on any atom is -0.462 e. The summed E-state index contributed by atoms with van der Waals surface area (Å²) in [5, 5.41) is 10.6. The molecular weight excluding hydrogens is 1280 g/mol. The van der Waals surface area contributed by atoms with E-state index in [4.69, 9.17) is 37.0 Å². The molecule has 0 aromatic rings. The maximum Gasteiger partial charge on any atom is 0.472 e. The molecule has 0 spiro atoms. The number of carbonyl (C=O) groups excluding carboxylic acids is 4. The van der Waals surface area contributed by atoms with Gasteiger partial charge < -0.3 is 33.8 Å². The first-order valence-electron chi connectivity index (χ1n) is 40.7. The number of phosphoric ester groups is 2. The van der Waals surface area contributed by atoms with Crippen LogP contribution in [0, 0.1) is 23.7 Å². The highest BCUT2D eigenvalue weighted by Gasteiger charge is 2.30. The third kappa shape index (κ3) is 71.1. The number of unbranched alkanes of at least 4 members (excludes halogenated alkanes) is 41. The van der Waals surface area contributed by atoms with Crippen LogP contribution in [0.2, 0.25) is 0 Å². The second kappa shape index (κ2) is 68.2. The molecule has 17 nitrogen and oxygen atoms in total. The standard InChI is InChI=1S/C79H154O17P2/c1-9-72(8)58-50-42-37-38-46-54-62-79(84)96-75(66-90-77(82)60-52-44-35-30-29-33-41-49-57-71(6)7)68-94-98(87,88)92-64-73(80)63-91-97(85,86)93-67-74(95-78(83)61-53-45-36-28-24-20-16-12-14-18-22-26-32-40-48-56-70(4)5)65-89-76(81)59-51-43-34-27-23-19-15-11-10-13-17-21-25-31-39-47-55-69(2)3/h69-75,80H,9-68H2,1-8H3,(H,85,86)(H,87,88)/t72?,73?,74-,75-/m1/s1. The molecule has 582 valence electrons. The summed E-state index contributed by atoms with van der Waals surface area (Å²) in [6.45, 7) is 14.2. The molecule has 98 heavy (non-hydrogen) atoms. The van der Waals surface area contributed by atoms with E-state index in [9.17, 15) is 43.2 Å². The van der Waals surface area contributed by atoms with Crippen LogP contribution in [-0.4, -0.2) is 96.7 Å². The summed E-state index contributed by atoms with van der Waals surface area (Å²) in [6.07, 6.45) is 54.3. The van der Waals surface area contributed by atoms with Crippen molar-refractivity contribution in [1.29, 1.82) is 0 Å². The summed E-state index contributed by atoms with van der Waals surface area (Å²) in [6, 6.07) is 0. The summed E-state index contributed by atoms with van der Waals surface area (Å²) >= 11 is 0. The second-order valence-corrected chi connectivity index (χ2v) is 33.0. The number of aliphatic hydroxyl groups is 1. The lowest BCUT2D eigenvalue weighted by molar-refractivity contribution is -0.161. The Bertz CT molecular complexity index is 1920. The monoisotopic (exact) mass is 1440 g/mol. The Morgan fingerprint density at radius 2 is 0.490 bits per heavy atom. The largest absolute Gasteiger partial charge is 0.472 e. The Labute approximate surface area is 600 Å². The van der Waals surface area contributed by atoms with E-state index in [0.29, 0.717) is 25.7 Å². The van der Waals surface area contributed by atoms with Crippen LogP contribution in [0.15, 0.2) is 0 Å². The van der Waals surface area contributed by atoms with Gasteiger partial charge >= 0.3 is 39.5 Å². The van der Waals surface area contributed by atoms with E-state index in [2.05, 4.69) is 55.4 Å². The van der Waals surface area contributed by atoms with E-state index in [-0.39, 0.29) is 25.7 Å². The average Bonchev–Trinajstić information content (AvgIpc) is 0.980. The molecule has 4 unspecified atom stereocenters. The number of ether oxygens (including phenoxy) is 4. The van der Waals surface area contributed by atoms with Crippen molar-refractivity contribution in [2.75, 3.05) is 39.6 Å². The number of esters is 4. The van der Waals surface area contributed by atoms with Gasteiger partial charge in [0.1, 0.15) is 19.3 Å². The predicted octanol–water partition coefficient (Wildman–Crippen LogP) is 23.2. The number of phosphoric acid groups is 2. The summed E-state index contributed by atoms with van der Waals surface area (Å²) in [7, 11) is -9.92. The topological polar surface area (TPSA) is 237 Å². The third-order valence-corrected chi connectivity index (χ3v) is 20.6. The van der Waals surface area contributed by atoms with Crippen LogP contribution in [0.1, 0.15) is 402 Å². The summed E-state index contributed by atoms with van der Waals surface area (Å²) in [4.78, 5) is 72.9. The van der Waals surface area contributed by atoms with E-state index in [1.807, 2.05) is 0 Å². The first-order valence-corrected chi connectivity index (χ1v) is 43.7. The van der Waals surface area contributed by atoms with Crippen molar-refractivity contribution in [1.82, 2.24) is 0 Å². The fourth-order valence-electron chi connectivity index (χ4n) is 12.0. The Hall–Kier alpha value is -1.94.